The van der Waals surface area contributed by atoms with Gasteiger partial charge in [0.2, 0.25) is 0 Å². The van der Waals surface area contributed by atoms with Gasteiger partial charge in [-0.25, -0.2) is 0 Å². The van der Waals surface area contributed by atoms with Crippen molar-refractivity contribution < 1.29 is 4.74 Å². The minimum atomic E-state index is -0.0590. The molecular formula is C22H24N2O. The van der Waals surface area contributed by atoms with Crippen LogP contribution >= 0.6 is 0 Å². The average molecular weight is 332 g/mol. The van der Waals surface area contributed by atoms with Crippen molar-refractivity contribution in [2.75, 3.05) is 6.54 Å². The predicted molar refractivity (Wildman–Crippen MR) is 102 cm³/mol. The molecule has 128 valence electrons. The lowest BCUT2D eigenvalue weighted by Gasteiger charge is -2.32. The van der Waals surface area contributed by atoms with Gasteiger partial charge in [0, 0.05) is 24.5 Å². The second-order valence-corrected chi connectivity index (χ2v) is 7.47. The number of allylic oxidation sites excluding steroid dienone is 1. The second-order valence-electron chi connectivity index (χ2n) is 7.47. The lowest BCUT2D eigenvalue weighted by molar-refractivity contribution is 0.0847. The van der Waals surface area contributed by atoms with Crippen LogP contribution in [0.1, 0.15) is 49.8 Å². The fourth-order valence-electron chi connectivity index (χ4n) is 3.57. The number of fused-ring (bicyclic) bond motifs is 1. The van der Waals surface area contributed by atoms with Gasteiger partial charge < -0.3 is 4.74 Å². The van der Waals surface area contributed by atoms with E-state index in [1.807, 2.05) is 12.3 Å². The Morgan fingerprint density at radius 1 is 1.16 bits per heavy atom. The van der Waals surface area contributed by atoms with Gasteiger partial charge in [-0.15, -0.1) is 0 Å². The standard InChI is InChI=1S/C22H24N2O/c1-22(2)10-9-17-13-16(7-8-20(17)25-22)14-18-5-4-12-24-21(18)19-6-3-11-23-15-19/h3,6-8,11,13-15H,4-5,9-10,12H2,1-2H3/b18-14+. The van der Waals surface area contributed by atoms with Crippen molar-refractivity contribution in [3.05, 3.63) is 65.0 Å². The average Bonchev–Trinajstić information content (AvgIpc) is 2.63. The minimum Gasteiger partial charge on any atom is -0.488 e. The van der Waals surface area contributed by atoms with Crippen LogP contribution in [0.2, 0.25) is 0 Å². The minimum absolute atomic E-state index is 0.0590. The zero-order valence-corrected chi connectivity index (χ0v) is 15.0. The number of rotatable bonds is 2. The molecule has 0 radical (unpaired) electrons. The quantitative estimate of drug-likeness (QED) is 0.788. The van der Waals surface area contributed by atoms with Crippen molar-refractivity contribution in [2.24, 2.45) is 4.99 Å². The van der Waals surface area contributed by atoms with Crippen molar-refractivity contribution in [2.45, 2.75) is 45.1 Å². The zero-order valence-electron chi connectivity index (χ0n) is 15.0. The lowest BCUT2D eigenvalue weighted by Crippen LogP contribution is -2.32. The summed E-state index contributed by atoms with van der Waals surface area (Å²) in [6.07, 6.45) is 10.3. The number of nitrogens with zero attached hydrogens (tertiary/aromatic N) is 2. The molecule has 0 saturated heterocycles. The largest absolute Gasteiger partial charge is 0.488 e. The van der Waals surface area contributed by atoms with E-state index in [1.54, 1.807) is 6.20 Å². The molecule has 0 N–H and O–H groups in total. The van der Waals surface area contributed by atoms with Gasteiger partial charge in [-0.05, 0) is 86.6 Å². The lowest BCUT2D eigenvalue weighted by atomic mass is 9.91. The summed E-state index contributed by atoms with van der Waals surface area (Å²) in [6.45, 7) is 5.21. The van der Waals surface area contributed by atoms with E-state index in [2.05, 4.69) is 49.2 Å². The highest BCUT2D eigenvalue weighted by atomic mass is 16.5. The Hall–Kier alpha value is -2.42. The van der Waals surface area contributed by atoms with E-state index in [0.29, 0.717) is 0 Å². The van der Waals surface area contributed by atoms with Gasteiger partial charge >= 0.3 is 0 Å². The molecule has 0 fully saturated rings. The molecule has 0 saturated carbocycles. The molecule has 0 atom stereocenters. The third kappa shape index (κ3) is 3.51. The number of aryl methyl sites for hydroxylation is 1. The maximum absolute atomic E-state index is 6.10. The molecule has 2 aliphatic rings. The predicted octanol–water partition coefficient (Wildman–Crippen LogP) is 4.85. The summed E-state index contributed by atoms with van der Waals surface area (Å²) in [5.41, 5.74) is 5.98. The molecule has 1 aromatic heterocycles. The Labute approximate surface area is 149 Å². The molecule has 2 aromatic rings. The van der Waals surface area contributed by atoms with Crippen LogP contribution < -0.4 is 4.74 Å². The van der Waals surface area contributed by atoms with Crippen molar-refractivity contribution in [3.8, 4) is 5.75 Å². The smallest absolute Gasteiger partial charge is 0.123 e. The number of pyridine rings is 1. The molecule has 3 nitrogen and oxygen atoms in total. The summed E-state index contributed by atoms with van der Waals surface area (Å²) in [5, 5.41) is 0. The first-order valence-corrected chi connectivity index (χ1v) is 9.08. The number of hydrogen-bond acceptors (Lipinski definition) is 3. The molecular weight excluding hydrogens is 308 g/mol. The SMILES string of the molecule is CC1(C)CCc2cc(/C=C3\CCCN=C3c3cccnc3)ccc2O1. The number of benzene rings is 1. The molecule has 1 aromatic carbocycles. The van der Waals surface area contributed by atoms with Gasteiger partial charge in [-0.2, -0.15) is 0 Å². The number of ether oxygens (including phenoxy) is 1. The van der Waals surface area contributed by atoms with Crippen molar-refractivity contribution in [1.82, 2.24) is 4.98 Å². The summed E-state index contributed by atoms with van der Waals surface area (Å²) in [7, 11) is 0. The summed E-state index contributed by atoms with van der Waals surface area (Å²) in [5.74, 6) is 1.03. The van der Waals surface area contributed by atoms with Crippen LogP contribution in [-0.2, 0) is 6.42 Å². The first kappa shape index (κ1) is 16.1. The summed E-state index contributed by atoms with van der Waals surface area (Å²) in [4.78, 5) is 9.02. The van der Waals surface area contributed by atoms with Crippen LogP contribution in [0.4, 0.5) is 0 Å². The van der Waals surface area contributed by atoms with Gasteiger partial charge in [0.05, 0.1) is 5.71 Å². The van der Waals surface area contributed by atoms with Gasteiger partial charge in [0.1, 0.15) is 11.4 Å². The second kappa shape index (κ2) is 6.47. The molecule has 0 bridgehead atoms. The third-order valence-electron chi connectivity index (χ3n) is 4.92. The molecule has 0 unspecified atom stereocenters. The Bertz CT molecular complexity index is 834. The van der Waals surface area contributed by atoms with E-state index in [-0.39, 0.29) is 5.60 Å². The number of aliphatic imine (C=N–C) groups is 1. The fourth-order valence-corrected chi connectivity index (χ4v) is 3.57. The molecule has 4 rings (SSSR count). The highest BCUT2D eigenvalue weighted by Crippen LogP contribution is 2.34. The topological polar surface area (TPSA) is 34.5 Å². The number of aromatic nitrogens is 1. The molecule has 0 amide bonds. The normalized spacial score (nSPS) is 20.6. The zero-order chi connectivity index (χ0) is 17.3. The van der Waals surface area contributed by atoms with Crippen LogP contribution in [-0.4, -0.2) is 22.8 Å². The molecule has 0 aliphatic carbocycles. The van der Waals surface area contributed by atoms with E-state index in [4.69, 9.17) is 9.73 Å². The van der Waals surface area contributed by atoms with Gasteiger partial charge in [-0.1, -0.05) is 6.07 Å². The summed E-state index contributed by atoms with van der Waals surface area (Å²) < 4.78 is 6.10. The number of hydrogen-bond donors (Lipinski definition) is 0. The Kier molecular flexibility index (Phi) is 4.16. The first-order valence-electron chi connectivity index (χ1n) is 9.08. The van der Waals surface area contributed by atoms with Crippen LogP contribution in [0.25, 0.3) is 6.08 Å². The molecule has 3 heterocycles. The van der Waals surface area contributed by atoms with E-state index >= 15 is 0 Å². The molecule has 0 spiro atoms. The Morgan fingerprint density at radius 2 is 2.08 bits per heavy atom. The molecule has 2 aliphatic heterocycles. The highest BCUT2D eigenvalue weighted by Gasteiger charge is 2.26. The van der Waals surface area contributed by atoms with Crippen LogP contribution in [0.3, 0.4) is 0 Å². The van der Waals surface area contributed by atoms with Gasteiger partial charge in [-0.3, -0.25) is 9.98 Å². The van der Waals surface area contributed by atoms with Crippen molar-refractivity contribution >= 4 is 11.8 Å². The van der Waals surface area contributed by atoms with Crippen LogP contribution in [0.15, 0.2) is 53.3 Å². The van der Waals surface area contributed by atoms with Gasteiger partial charge in [0.25, 0.3) is 0 Å². The Morgan fingerprint density at radius 3 is 2.92 bits per heavy atom. The fraction of sp³-hybridized carbons (Fsp3) is 0.364. The maximum atomic E-state index is 6.10. The van der Waals surface area contributed by atoms with Crippen molar-refractivity contribution in [1.29, 1.82) is 0 Å². The first-order chi connectivity index (χ1) is 12.1. The van der Waals surface area contributed by atoms with E-state index in [1.165, 1.54) is 16.7 Å². The van der Waals surface area contributed by atoms with Gasteiger partial charge in [0.15, 0.2) is 0 Å². The highest BCUT2D eigenvalue weighted by molar-refractivity contribution is 6.15. The summed E-state index contributed by atoms with van der Waals surface area (Å²) >= 11 is 0. The molecule has 25 heavy (non-hydrogen) atoms. The van der Waals surface area contributed by atoms with Crippen LogP contribution in [0, 0.1) is 0 Å². The Balaban J connectivity index is 1.66. The van der Waals surface area contributed by atoms with E-state index < -0.39 is 0 Å². The monoisotopic (exact) mass is 332 g/mol. The van der Waals surface area contributed by atoms with E-state index in [0.717, 1.165) is 49.3 Å². The van der Waals surface area contributed by atoms with Crippen molar-refractivity contribution in [3.63, 3.8) is 0 Å². The van der Waals surface area contributed by atoms with Crippen LogP contribution in [0.5, 0.6) is 5.75 Å². The maximum Gasteiger partial charge on any atom is 0.123 e. The molecule has 3 heteroatoms. The third-order valence-corrected chi connectivity index (χ3v) is 4.92. The van der Waals surface area contributed by atoms with E-state index in [9.17, 15) is 0 Å². The summed E-state index contributed by atoms with van der Waals surface area (Å²) in [6, 6.07) is 10.6.